The minimum Gasteiger partial charge on any atom is -0.464 e. The first-order valence-corrected chi connectivity index (χ1v) is 7.22. The number of hydrogen-bond donors (Lipinski definition) is 2. The Morgan fingerprint density at radius 2 is 2.32 bits per heavy atom. The Bertz CT molecular complexity index is 659. The van der Waals surface area contributed by atoms with Crippen molar-refractivity contribution in [2.24, 2.45) is 0 Å². The number of amides is 1. The van der Waals surface area contributed by atoms with Gasteiger partial charge in [0.2, 0.25) is 5.91 Å². The average Bonchev–Trinajstić information content (AvgIpc) is 3.03. The molecule has 1 fully saturated rings. The fraction of sp³-hybridized carbons (Fsp3) is 0.438. The third-order valence-electron chi connectivity index (χ3n) is 3.88. The maximum Gasteiger partial charge on any atom is 0.224 e. The van der Waals surface area contributed by atoms with Gasteiger partial charge in [-0.2, -0.15) is 0 Å². The van der Waals surface area contributed by atoms with Crippen molar-refractivity contribution in [2.45, 2.75) is 32.0 Å². The standard InChI is InChI=1S/C16H19FN2O2.ClH/c1-10-2-3-14-11(9-21-15(14)4-10)5-16(20)19-8-13-6-12(17)7-18-13;/h2-4,9,12-13,18H,5-8H2,1H3,(H,19,20);1H/t12-,13-;/m0./s1. The van der Waals surface area contributed by atoms with E-state index in [1.165, 1.54) is 0 Å². The van der Waals surface area contributed by atoms with Crippen molar-refractivity contribution in [3.63, 3.8) is 0 Å². The molecule has 1 aromatic carbocycles. The molecule has 0 radical (unpaired) electrons. The summed E-state index contributed by atoms with van der Waals surface area (Å²) in [6.07, 6.45) is 1.58. The van der Waals surface area contributed by atoms with Crippen LogP contribution in [0.25, 0.3) is 11.0 Å². The molecule has 0 aliphatic carbocycles. The van der Waals surface area contributed by atoms with Crippen molar-refractivity contribution >= 4 is 29.3 Å². The van der Waals surface area contributed by atoms with E-state index in [1.807, 2.05) is 25.1 Å². The van der Waals surface area contributed by atoms with Crippen molar-refractivity contribution in [3.8, 4) is 0 Å². The Morgan fingerprint density at radius 1 is 1.50 bits per heavy atom. The highest BCUT2D eigenvalue weighted by atomic mass is 35.5. The fourth-order valence-electron chi connectivity index (χ4n) is 2.73. The van der Waals surface area contributed by atoms with E-state index < -0.39 is 6.17 Å². The number of benzene rings is 1. The molecular formula is C16H20ClFN2O2. The molecule has 2 atom stereocenters. The van der Waals surface area contributed by atoms with Crippen LogP contribution in [0.5, 0.6) is 0 Å². The zero-order valence-electron chi connectivity index (χ0n) is 12.4. The van der Waals surface area contributed by atoms with Crippen LogP contribution in [0.3, 0.4) is 0 Å². The van der Waals surface area contributed by atoms with Gasteiger partial charge < -0.3 is 15.1 Å². The number of aryl methyl sites for hydroxylation is 1. The number of furan rings is 1. The largest absolute Gasteiger partial charge is 0.464 e. The number of halogens is 2. The second-order valence-corrected chi connectivity index (χ2v) is 5.68. The monoisotopic (exact) mass is 326 g/mol. The minimum atomic E-state index is -0.798. The number of carbonyl (C=O) groups is 1. The van der Waals surface area contributed by atoms with Crippen molar-refractivity contribution in [1.82, 2.24) is 10.6 Å². The van der Waals surface area contributed by atoms with Crippen LogP contribution in [0.1, 0.15) is 17.5 Å². The molecule has 0 bridgehead atoms. The molecule has 0 unspecified atom stereocenters. The molecule has 0 spiro atoms. The van der Waals surface area contributed by atoms with E-state index in [0.29, 0.717) is 19.5 Å². The summed E-state index contributed by atoms with van der Waals surface area (Å²) in [5, 5.41) is 6.87. The Balaban J connectivity index is 0.00000176. The zero-order valence-corrected chi connectivity index (χ0v) is 13.2. The lowest BCUT2D eigenvalue weighted by atomic mass is 10.1. The van der Waals surface area contributed by atoms with E-state index in [-0.39, 0.29) is 30.8 Å². The molecule has 0 saturated carbocycles. The number of carbonyl (C=O) groups excluding carboxylic acids is 1. The summed E-state index contributed by atoms with van der Waals surface area (Å²) < 4.78 is 18.5. The quantitative estimate of drug-likeness (QED) is 0.907. The van der Waals surface area contributed by atoms with Crippen molar-refractivity contribution < 1.29 is 13.6 Å². The molecule has 1 aliphatic rings. The van der Waals surface area contributed by atoms with E-state index in [1.54, 1.807) is 6.26 Å². The summed E-state index contributed by atoms with van der Waals surface area (Å²) in [5.74, 6) is -0.0672. The number of fused-ring (bicyclic) bond motifs is 1. The van der Waals surface area contributed by atoms with Crippen molar-refractivity contribution in [2.75, 3.05) is 13.1 Å². The summed E-state index contributed by atoms with van der Waals surface area (Å²) in [4.78, 5) is 12.0. The van der Waals surface area contributed by atoms with Crippen LogP contribution in [-0.2, 0) is 11.2 Å². The number of nitrogens with one attached hydrogen (secondary N) is 2. The number of rotatable bonds is 4. The van der Waals surface area contributed by atoms with Gasteiger partial charge in [-0.3, -0.25) is 4.79 Å². The zero-order chi connectivity index (χ0) is 14.8. The third kappa shape index (κ3) is 3.78. The SMILES string of the molecule is Cc1ccc2c(CC(=O)NC[C@@H]3C[C@H](F)CN3)coc2c1.Cl. The van der Waals surface area contributed by atoms with Crippen LogP contribution in [0.4, 0.5) is 4.39 Å². The van der Waals surface area contributed by atoms with Crippen LogP contribution in [0.2, 0.25) is 0 Å². The molecule has 120 valence electrons. The first kappa shape index (κ1) is 16.8. The first-order valence-electron chi connectivity index (χ1n) is 7.22. The highest BCUT2D eigenvalue weighted by Crippen LogP contribution is 2.22. The van der Waals surface area contributed by atoms with E-state index in [4.69, 9.17) is 4.42 Å². The van der Waals surface area contributed by atoms with Gasteiger partial charge in [0.25, 0.3) is 0 Å². The van der Waals surface area contributed by atoms with Gasteiger partial charge in [-0.15, -0.1) is 12.4 Å². The van der Waals surface area contributed by atoms with E-state index in [2.05, 4.69) is 10.6 Å². The van der Waals surface area contributed by atoms with Gasteiger partial charge in [0.15, 0.2) is 0 Å². The lowest BCUT2D eigenvalue weighted by Crippen LogP contribution is -2.37. The van der Waals surface area contributed by atoms with Crippen LogP contribution in [0.15, 0.2) is 28.9 Å². The van der Waals surface area contributed by atoms with Crippen molar-refractivity contribution in [3.05, 3.63) is 35.6 Å². The van der Waals surface area contributed by atoms with E-state index >= 15 is 0 Å². The Hall–Kier alpha value is -1.59. The predicted molar refractivity (Wildman–Crippen MR) is 86.2 cm³/mol. The summed E-state index contributed by atoms with van der Waals surface area (Å²) >= 11 is 0. The van der Waals surface area contributed by atoms with E-state index in [0.717, 1.165) is 22.1 Å². The van der Waals surface area contributed by atoms with Crippen LogP contribution in [-0.4, -0.2) is 31.2 Å². The summed E-state index contributed by atoms with van der Waals surface area (Å²) in [6, 6.07) is 5.97. The maximum atomic E-state index is 13.0. The summed E-state index contributed by atoms with van der Waals surface area (Å²) in [6.45, 7) is 2.85. The topological polar surface area (TPSA) is 54.3 Å². The molecule has 1 aliphatic heterocycles. The normalized spacial score (nSPS) is 20.8. The van der Waals surface area contributed by atoms with Gasteiger partial charge in [-0.1, -0.05) is 12.1 Å². The van der Waals surface area contributed by atoms with Crippen LogP contribution < -0.4 is 10.6 Å². The highest BCUT2D eigenvalue weighted by Gasteiger charge is 2.23. The molecule has 1 saturated heterocycles. The lowest BCUT2D eigenvalue weighted by molar-refractivity contribution is -0.120. The van der Waals surface area contributed by atoms with Crippen LogP contribution >= 0.6 is 12.4 Å². The molecule has 22 heavy (non-hydrogen) atoms. The molecule has 2 N–H and O–H groups in total. The highest BCUT2D eigenvalue weighted by molar-refractivity contribution is 5.87. The van der Waals surface area contributed by atoms with Gasteiger partial charge in [-0.05, 0) is 25.0 Å². The molecular weight excluding hydrogens is 307 g/mol. The molecule has 1 amide bonds. The van der Waals surface area contributed by atoms with Crippen molar-refractivity contribution in [1.29, 1.82) is 0 Å². The predicted octanol–water partition coefficient (Wildman–Crippen LogP) is 2.52. The maximum absolute atomic E-state index is 13.0. The molecule has 3 rings (SSSR count). The van der Waals surface area contributed by atoms with Gasteiger partial charge in [-0.25, -0.2) is 4.39 Å². The third-order valence-corrected chi connectivity index (χ3v) is 3.88. The molecule has 1 aromatic heterocycles. The second kappa shape index (κ2) is 7.11. The lowest BCUT2D eigenvalue weighted by Gasteiger charge is -2.10. The smallest absolute Gasteiger partial charge is 0.224 e. The van der Waals surface area contributed by atoms with Gasteiger partial charge in [0, 0.05) is 30.1 Å². The first-order chi connectivity index (χ1) is 10.1. The second-order valence-electron chi connectivity index (χ2n) is 5.68. The fourth-order valence-corrected chi connectivity index (χ4v) is 2.73. The Labute approximate surface area is 134 Å². The molecule has 4 nitrogen and oxygen atoms in total. The molecule has 2 heterocycles. The summed E-state index contributed by atoms with van der Waals surface area (Å²) in [5.41, 5.74) is 2.81. The average molecular weight is 327 g/mol. The molecule has 6 heteroatoms. The number of alkyl halides is 1. The minimum absolute atomic E-state index is 0. The summed E-state index contributed by atoms with van der Waals surface area (Å²) in [7, 11) is 0. The van der Waals surface area contributed by atoms with Gasteiger partial charge in [0.1, 0.15) is 11.8 Å². The number of hydrogen-bond acceptors (Lipinski definition) is 3. The Morgan fingerprint density at radius 3 is 3.05 bits per heavy atom. The van der Waals surface area contributed by atoms with Crippen LogP contribution in [0, 0.1) is 6.92 Å². The van der Waals surface area contributed by atoms with E-state index in [9.17, 15) is 9.18 Å². The Kier molecular flexibility index (Phi) is 5.42. The molecule has 2 aromatic rings. The van der Waals surface area contributed by atoms with Gasteiger partial charge >= 0.3 is 0 Å². The van der Waals surface area contributed by atoms with Gasteiger partial charge in [0.05, 0.1) is 12.7 Å².